The summed E-state index contributed by atoms with van der Waals surface area (Å²) in [5, 5.41) is 5.79. The molecule has 1 aromatic heterocycles. The number of hydrogen-bond donors (Lipinski definition) is 2. The van der Waals surface area contributed by atoms with E-state index in [-0.39, 0.29) is 5.91 Å². The molecule has 1 aliphatic rings. The van der Waals surface area contributed by atoms with Gasteiger partial charge in [-0.05, 0) is 37.3 Å². The topological polar surface area (TPSA) is 63.2 Å². The van der Waals surface area contributed by atoms with Crippen LogP contribution < -0.4 is 10.6 Å². The van der Waals surface area contributed by atoms with Crippen LogP contribution in [0, 0.1) is 5.92 Å². The number of nitrogens with zero attached hydrogens (tertiary/aromatic N) is 1. The van der Waals surface area contributed by atoms with Gasteiger partial charge in [-0.3, -0.25) is 4.79 Å². The van der Waals surface area contributed by atoms with Gasteiger partial charge < -0.3 is 15.4 Å². The molecule has 0 radical (unpaired) electrons. The van der Waals surface area contributed by atoms with E-state index in [0.29, 0.717) is 24.5 Å². The maximum atomic E-state index is 11.9. The van der Waals surface area contributed by atoms with Crippen molar-refractivity contribution in [3.8, 4) is 0 Å². The molecule has 104 valence electrons. The summed E-state index contributed by atoms with van der Waals surface area (Å²) in [5.41, 5.74) is 0.573. The molecule has 0 saturated heterocycles. The summed E-state index contributed by atoms with van der Waals surface area (Å²) in [4.78, 5) is 16.0. The Labute approximate surface area is 113 Å². The number of amides is 1. The molecule has 1 aliphatic carbocycles. The minimum Gasteiger partial charge on any atom is -0.381 e. The fourth-order valence-electron chi connectivity index (χ4n) is 1.79. The highest BCUT2D eigenvalue weighted by Crippen LogP contribution is 2.28. The number of pyridine rings is 1. The quantitative estimate of drug-likeness (QED) is 0.700. The largest absolute Gasteiger partial charge is 0.381 e. The zero-order valence-electron chi connectivity index (χ0n) is 11.3. The number of aromatic nitrogens is 1. The second-order valence-electron chi connectivity index (χ2n) is 4.78. The Hall–Kier alpha value is -1.62. The predicted molar refractivity (Wildman–Crippen MR) is 74.3 cm³/mol. The number of rotatable bonds is 8. The molecule has 0 unspecified atom stereocenters. The summed E-state index contributed by atoms with van der Waals surface area (Å²) in [6.45, 7) is 2.21. The van der Waals surface area contributed by atoms with Gasteiger partial charge in [-0.2, -0.15) is 0 Å². The van der Waals surface area contributed by atoms with E-state index in [0.717, 1.165) is 18.9 Å². The first kappa shape index (κ1) is 13.8. The monoisotopic (exact) mass is 263 g/mol. The van der Waals surface area contributed by atoms with Crippen LogP contribution in [0.15, 0.2) is 18.3 Å². The van der Waals surface area contributed by atoms with Crippen molar-refractivity contribution in [1.82, 2.24) is 10.3 Å². The van der Waals surface area contributed by atoms with Crippen LogP contribution in [0.2, 0.25) is 0 Å². The molecule has 1 aromatic rings. The lowest BCUT2D eigenvalue weighted by Gasteiger charge is -2.08. The average molecular weight is 263 g/mol. The van der Waals surface area contributed by atoms with Crippen LogP contribution in [0.4, 0.5) is 5.82 Å². The fraction of sp³-hybridized carbons (Fsp3) is 0.571. The lowest BCUT2D eigenvalue weighted by molar-refractivity contribution is 0.0938. The summed E-state index contributed by atoms with van der Waals surface area (Å²) in [7, 11) is 1.75. The summed E-state index contributed by atoms with van der Waals surface area (Å²) < 4.78 is 5.51. The van der Waals surface area contributed by atoms with Gasteiger partial charge in [0.2, 0.25) is 0 Å². The van der Waals surface area contributed by atoms with Crippen LogP contribution in [0.3, 0.4) is 0 Å². The Morgan fingerprint density at radius 3 is 3.11 bits per heavy atom. The summed E-state index contributed by atoms with van der Waals surface area (Å²) in [6, 6.07) is 3.52. The molecule has 0 aliphatic heterocycles. The molecule has 1 saturated carbocycles. The molecular weight excluding hydrogens is 242 g/mol. The maximum absolute atomic E-state index is 11.9. The third-order valence-corrected chi connectivity index (χ3v) is 3.09. The van der Waals surface area contributed by atoms with Gasteiger partial charge in [-0.15, -0.1) is 0 Å². The average Bonchev–Trinajstić information content (AvgIpc) is 3.26. The molecule has 0 atom stereocenters. The van der Waals surface area contributed by atoms with Crippen LogP contribution in [0.25, 0.3) is 0 Å². The molecule has 0 bridgehead atoms. The van der Waals surface area contributed by atoms with Gasteiger partial charge in [0.25, 0.3) is 5.91 Å². The number of nitrogens with one attached hydrogen (secondary N) is 2. The van der Waals surface area contributed by atoms with Crippen LogP contribution in [-0.2, 0) is 4.74 Å². The van der Waals surface area contributed by atoms with Crippen molar-refractivity contribution < 1.29 is 9.53 Å². The van der Waals surface area contributed by atoms with Crippen molar-refractivity contribution in [2.45, 2.75) is 19.3 Å². The number of carbonyl (C=O) groups excluding carboxylic acids is 1. The number of carbonyl (C=O) groups is 1. The second-order valence-corrected chi connectivity index (χ2v) is 4.78. The molecule has 1 amide bonds. The van der Waals surface area contributed by atoms with E-state index in [1.54, 1.807) is 25.4 Å². The van der Waals surface area contributed by atoms with Crippen molar-refractivity contribution in [2.75, 3.05) is 32.1 Å². The third kappa shape index (κ3) is 4.52. The lowest BCUT2D eigenvalue weighted by atomic mass is 10.2. The molecule has 5 heteroatoms. The molecule has 1 heterocycles. The van der Waals surface area contributed by atoms with E-state index < -0.39 is 0 Å². The molecular formula is C14H21N3O2. The fourth-order valence-corrected chi connectivity index (χ4v) is 1.79. The number of hydrogen-bond acceptors (Lipinski definition) is 4. The normalized spacial score (nSPS) is 14.2. The van der Waals surface area contributed by atoms with E-state index >= 15 is 0 Å². The Morgan fingerprint density at radius 1 is 1.53 bits per heavy atom. The van der Waals surface area contributed by atoms with Crippen molar-refractivity contribution in [3.63, 3.8) is 0 Å². The van der Waals surface area contributed by atoms with Crippen molar-refractivity contribution in [2.24, 2.45) is 5.92 Å². The Kier molecular flexibility index (Phi) is 5.15. The first-order chi connectivity index (χ1) is 9.31. The van der Waals surface area contributed by atoms with E-state index in [1.807, 2.05) is 0 Å². The zero-order chi connectivity index (χ0) is 13.5. The van der Waals surface area contributed by atoms with Crippen LogP contribution in [0.1, 0.15) is 29.6 Å². The lowest BCUT2D eigenvalue weighted by Crippen LogP contribution is -2.26. The van der Waals surface area contributed by atoms with E-state index in [4.69, 9.17) is 4.74 Å². The number of anilines is 1. The minimum atomic E-state index is -0.0976. The van der Waals surface area contributed by atoms with Gasteiger partial charge in [-0.25, -0.2) is 4.98 Å². The first-order valence-electron chi connectivity index (χ1n) is 6.80. The van der Waals surface area contributed by atoms with Crippen LogP contribution in [0.5, 0.6) is 0 Å². The Morgan fingerprint density at radius 2 is 2.37 bits per heavy atom. The highest BCUT2D eigenvalue weighted by Gasteiger charge is 2.20. The van der Waals surface area contributed by atoms with Gasteiger partial charge in [0.05, 0.1) is 5.56 Å². The van der Waals surface area contributed by atoms with Gasteiger partial charge in [0, 0.05) is 33.0 Å². The molecule has 2 rings (SSSR count). The highest BCUT2D eigenvalue weighted by molar-refractivity contribution is 5.98. The van der Waals surface area contributed by atoms with E-state index in [1.165, 1.54) is 12.8 Å². The van der Waals surface area contributed by atoms with Gasteiger partial charge in [0.1, 0.15) is 5.82 Å². The first-order valence-corrected chi connectivity index (χ1v) is 6.80. The second kappa shape index (κ2) is 7.09. The standard InChI is InChI=1S/C14H21N3O2/c1-15-13-12(4-2-7-16-13)14(18)17-8-3-9-19-10-11-5-6-11/h2,4,7,11H,3,5-6,8-10H2,1H3,(H,15,16)(H,17,18). The van der Waals surface area contributed by atoms with E-state index in [9.17, 15) is 4.79 Å². The van der Waals surface area contributed by atoms with Crippen LogP contribution >= 0.6 is 0 Å². The smallest absolute Gasteiger partial charge is 0.255 e. The van der Waals surface area contributed by atoms with Gasteiger partial charge in [0.15, 0.2) is 0 Å². The van der Waals surface area contributed by atoms with Crippen molar-refractivity contribution in [1.29, 1.82) is 0 Å². The van der Waals surface area contributed by atoms with Crippen molar-refractivity contribution in [3.05, 3.63) is 23.9 Å². The molecule has 5 nitrogen and oxygen atoms in total. The zero-order valence-corrected chi connectivity index (χ0v) is 11.3. The molecule has 0 spiro atoms. The molecule has 2 N–H and O–H groups in total. The predicted octanol–water partition coefficient (Wildman–Crippen LogP) is 1.67. The SMILES string of the molecule is CNc1ncccc1C(=O)NCCCOCC1CC1. The summed E-state index contributed by atoms with van der Waals surface area (Å²) >= 11 is 0. The van der Waals surface area contributed by atoms with Crippen LogP contribution in [-0.4, -0.2) is 37.7 Å². The summed E-state index contributed by atoms with van der Waals surface area (Å²) in [5.74, 6) is 1.30. The van der Waals surface area contributed by atoms with E-state index in [2.05, 4.69) is 15.6 Å². The summed E-state index contributed by atoms with van der Waals surface area (Å²) in [6.07, 6.45) is 5.12. The van der Waals surface area contributed by atoms with Gasteiger partial charge >= 0.3 is 0 Å². The molecule has 19 heavy (non-hydrogen) atoms. The van der Waals surface area contributed by atoms with Gasteiger partial charge in [-0.1, -0.05) is 0 Å². The third-order valence-electron chi connectivity index (χ3n) is 3.09. The highest BCUT2D eigenvalue weighted by atomic mass is 16.5. The Bertz CT molecular complexity index is 419. The Balaban J connectivity index is 1.65. The van der Waals surface area contributed by atoms with Crippen molar-refractivity contribution >= 4 is 11.7 Å². The number of ether oxygens (including phenoxy) is 1. The maximum Gasteiger partial charge on any atom is 0.255 e. The minimum absolute atomic E-state index is 0.0976. The molecule has 1 fully saturated rings. The molecule has 0 aromatic carbocycles.